The van der Waals surface area contributed by atoms with Crippen LogP contribution in [0.2, 0.25) is 0 Å². The topological polar surface area (TPSA) is 158 Å². The van der Waals surface area contributed by atoms with E-state index in [0.717, 1.165) is 10.2 Å². The van der Waals surface area contributed by atoms with Crippen LogP contribution in [0.4, 0.5) is 0 Å². The molecule has 0 spiro atoms. The van der Waals surface area contributed by atoms with Gasteiger partial charge in [0.15, 0.2) is 11.0 Å². The number of carbonyl (C=O) groups excluding carboxylic acids is 2. The number of aliphatic imine (C=N–C) groups is 1. The minimum atomic E-state index is -0.754. The van der Waals surface area contributed by atoms with E-state index < -0.39 is 18.2 Å². The number of ketones is 1. The minimum Gasteiger partial charge on any atom is -0.650 e. The Kier molecular flexibility index (Phi) is 9.43. The fourth-order valence-corrected chi connectivity index (χ4v) is 3.97. The largest absolute Gasteiger partial charge is 0.650 e. The molecule has 1 aliphatic heterocycles. The van der Waals surface area contributed by atoms with Crippen LogP contribution in [-0.2, 0) is 4.79 Å². The first-order chi connectivity index (χ1) is 13.4. The van der Waals surface area contributed by atoms with E-state index in [0.29, 0.717) is 24.4 Å². The Labute approximate surface area is 208 Å². The fourth-order valence-electron chi connectivity index (χ4n) is 3.01. The molecule has 1 aromatic carbocycles. The van der Waals surface area contributed by atoms with Crippen molar-refractivity contribution >= 4 is 39.2 Å². The van der Waals surface area contributed by atoms with Crippen LogP contribution in [0.5, 0.6) is 0 Å². The molecule has 9 nitrogen and oxygen atoms in total. The zero-order chi connectivity index (χ0) is 20.1. The van der Waals surface area contributed by atoms with E-state index in [2.05, 4.69) is 20.6 Å². The Hall–Kier alpha value is -1.12. The summed E-state index contributed by atoms with van der Waals surface area (Å²) in [5.74, 6) is -0.632. The van der Waals surface area contributed by atoms with Gasteiger partial charge in [-0.2, -0.15) is 0 Å². The summed E-state index contributed by atoms with van der Waals surface area (Å²) in [7, 11) is 0. The van der Waals surface area contributed by atoms with Gasteiger partial charge in [0.1, 0.15) is 0 Å². The molecular weight excluding hydrogens is 607 g/mol. The third kappa shape index (κ3) is 6.69. The smallest absolute Gasteiger partial charge is 0.213 e. The van der Waals surface area contributed by atoms with Crippen molar-refractivity contribution in [1.29, 1.82) is 0 Å². The zero-order valence-corrected chi connectivity index (χ0v) is 21.4. The Morgan fingerprint density at radius 3 is 2.79 bits per heavy atom. The summed E-state index contributed by atoms with van der Waals surface area (Å²) in [6.07, 6.45) is 0.536. The number of carbonyl (C=O) groups is 2. The number of benzene rings is 1. The Balaban J connectivity index is 0.00000300. The average Bonchev–Trinajstić information content (AvgIpc) is 3.29. The molecule has 0 saturated carbocycles. The first-order valence-electron chi connectivity index (χ1n) is 9.04. The van der Waals surface area contributed by atoms with E-state index in [9.17, 15) is 14.7 Å². The van der Waals surface area contributed by atoms with E-state index in [-0.39, 0.29) is 74.7 Å². The Morgan fingerprint density at radius 1 is 1.38 bits per heavy atom. The molecular formula is C18H23AcN6O3S-. The van der Waals surface area contributed by atoms with Crippen molar-refractivity contribution in [3.05, 3.63) is 34.6 Å². The van der Waals surface area contributed by atoms with Crippen LogP contribution in [0, 0.1) is 44.1 Å². The predicted octanol–water partition coefficient (Wildman–Crippen LogP) is 0.524. The van der Waals surface area contributed by atoms with Crippen molar-refractivity contribution in [3.8, 4) is 0 Å². The molecule has 6 N–H and O–H groups in total. The molecule has 1 radical (unpaired) electrons. The van der Waals surface area contributed by atoms with Crippen molar-refractivity contribution in [2.45, 2.75) is 37.5 Å². The number of nitrogens with two attached hydrogens (primary N) is 2. The van der Waals surface area contributed by atoms with Crippen LogP contribution in [0.15, 0.2) is 29.3 Å². The van der Waals surface area contributed by atoms with Crippen molar-refractivity contribution < 1.29 is 58.8 Å². The number of aliphatic hydroxyl groups excluding tert-OH is 1. The summed E-state index contributed by atoms with van der Waals surface area (Å²) < 4.78 is 0.908. The van der Waals surface area contributed by atoms with Gasteiger partial charge in [-0.3, -0.25) is 14.6 Å². The zero-order valence-electron chi connectivity index (χ0n) is 15.8. The molecule has 1 aromatic heterocycles. The number of Topliss-reactive ketones (excluding diaryl/α,β-unsaturated/α-hetero) is 1. The molecule has 3 atom stereocenters. The second-order valence-electron chi connectivity index (χ2n) is 6.63. The summed E-state index contributed by atoms with van der Waals surface area (Å²) in [6.45, 7) is 0.591. The molecule has 0 aliphatic carbocycles. The van der Waals surface area contributed by atoms with Crippen LogP contribution in [0.1, 0.15) is 29.1 Å². The monoisotopic (exact) mass is 630 g/mol. The second-order valence-corrected chi connectivity index (χ2v) is 7.66. The second kappa shape index (κ2) is 11.3. The molecule has 1 fully saturated rings. The van der Waals surface area contributed by atoms with Gasteiger partial charge in [-0.05, 0) is 31.4 Å². The van der Waals surface area contributed by atoms with Gasteiger partial charge >= 0.3 is 0 Å². The standard InChI is InChI=1S/C18H23N6O3S.Ac/c19-18(20)21-7-3-5-12(23-16(27)13-8-10(25)9-22-13)15(26)17-24-11-4-1-2-6-14(11)28-17;/h1-2,4,6,10,12-13,25H,3,5,7-9H2,(H,23,27)(H4,19,20,21);/q-1;/t10?,12?,13-;/m0./s1. The summed E-state index contributed by atoms with van der Waals surface area (Å²) in [6, 6.07) is 6.09. The average molecular weight is 630 g/mol. The molecule has 3 rings (SSSR count). The molecule has 2 unspecified atom stereocenters. The van der Waals surface area contributed by atoms with Crippen molar-refractivity contribution in [3.63, 3.8) is 0 Å². The Morgan fingerprint density at radius 2 is 2.14 bits per heavy atom. The fraction of sp³-hybridized carbons (Fsp3) is 0.444. The summed E-state index contributed by atoms with van der Waals surface area (Å²) >= 11 is 1.29. The van der Waals surface area contributed by atoms with Crippen LogP contribution in [0.25, 0.3) is 15.5 Å². The number of aliphatic hydroxyl groups is 1. The normalized spacial score (nSPS) is 19.3. The predicted molar refractivity (Wildman–Crippen MR) is 108 cm³/mol. The molecule has 0 bridgehead atoms. The van der Waals surface area contributed by atoms with Gasteiger partial charge in [-0.1, -0.05) is 18.2 Å². The minimum absolute atomic E-state index is 0. The van der Waals surface area contributed by atoms with E-state index in [1.54, 1.807) is 0 Å². The SMILES string of the molecule is NC(N)=NCCCC(NC(=O)[C@@H]1CC(O)C[N-]1)C(=O)c1nc2ccccc2s1.[Ac]. The number of nitrogens with zero attached hydrogens (tertiary/aromatic N) is 3. The molecule has 11 heteroatoms. The van der Waals surface area contributed by atoms with Crippen LogP contribution in [0.3, 0.4) is 0 Å². The van der Waals surface area contributed by atoms with Crippen molar-refractivity contribution in [2.24, 2.45) is 16.5 Å². The summed E-state index contributed by atoms with van der Waals surface area (Å²) in [5.41, 5.74) is 11.4. The molecule has 29 heavy (non-hydrogen) atoms. The maximum Gasteiger partial charge on any atom is 0.213 e. The van der Waals surface area contributed by atoms with E-state index in [1.165, 1.54) is 11.3 Å². The number of hydrogen-bond donors (Lipinski definition) is 4. The number of guanidine groups is 1. The van der Waals surface area contributed by atoms with Crippen molar-refractivity contribution in [2.75, 3.05) is 13.1 Å². The van der Waals surface area contributed by atoms with Crippen LogP contribution < -0.4 is 16.8 Å². The van der Waals surface area contributed by atoms with E-state index in [4.69, 9.17) is 11.5 Å². The maximum atomic E-state index is 13.0. The number of thiazole rings is 1. The molecule has 2 aromatic rings. The number of aromatic nitrogens is 1. The maximum absolute atomic E-state index is 13.0. The Bertz CT molecular complexity index is 852. The quantitative estimate of drug-likeness (QED) is 0.144. The third-order valence-corrected chi connectivity index (χ3v) is 5.47. The van der Waals surface area contributed by atoms with Gasteiger partial charge in [0.05, 0.1) is 16.3 Å². The number of para-hydroxylation sites is 1. The van der Waals surface area contributed by atoms with Crippen molar-refractivity contribution in [1.82, 2.24) is 10.3 Å². The van der Waals surface area contributed by atoms with Gasteiger partial charge in [0.25, 0.3) is 0 Å². The molecule has 2 heterocycles. The number of fused-ring (bicyclic) bond motifs is 1. The first kappa shape index (κ1) is 24.2. The molecule has 1 aliphatic rings. The first-order valence-corrected chi connectivity index (χ1v) is 9.86. The summed E-state index contributed by atoms with van der Waals surface area (Å²) in [4.78, 5) is 33.8. The van der Waals surface area contributed by atoms with Gasteiger partial charge in [0.2, 0.25) is 11.7 Å². The molecule has 1 saturated heterocycles. The van der Waals surface area contributed by atoms with E-state index in [1.807, 2.05) is 24.3 Å². The van der Waals surface area contributed by atoms with Crippen LogP contribution >= 0.6 is 11.3 Å². The van der Waals surface area contributed by atoms with Gasteiger partial charge in [0, 0.05) is 56.7 Å². The van der Waals surface area contributed by atoms with Gasteiger partial charge in [-0.25, -0.2) is 4.98 Å². The number of hydrogen-bond acceptors (Lipinski definition) is 6. The molecule has 153 valence electrons. The number of nitrogens with one attached hydrogen (secondary N) is 1. The van der Waals surface area contributed by atoms with Gasteiger partial charge < -0.3 is 27.2 Å². The number of amides is 1. The van der Waals surface area contributed by atoms with Crippen LogP contribution in [-0.4, -0.2) is 59.0 Å². The van der Waals surface area contributed by atoms with E-state index >= 15 is 0 Å². The number of rotatable bonds is 8. The molecule has 1 amide bonds. The third-order valence-electron chi connectivity index (χ3n) is 4.42. The summed E-state index contributed by atoms with van der Waals surface area (Å²) in [5, 5.41) is 16.8. The van der Waals surface area contributed by atoms with Gasteiger partial charge in [-0.15, -0.1) is 17.9 Å².